The molecule has 7 nitrogen and oxygen atoms in total. The van der Waals surface area contributed by atoms with E-state index in [0.29, 0.717) is 24.1 Å². The van der Waals surface area contributed by atoms with Crippen LogP contribution in [0.5, 0.6) is 0 Å². The molecule has 0 fully saturated rings. The maximum Gasteiger partial charge on any atom is 0.234 e. The fraction of sp³-hybridized carbons (Fsp3) is 0.333. The zero-order valence-electron chi connectivity index (χ0n) is 15.7. The highest BCUT2D eigenvalue weighted by Gasteiger charge is 2.14. The number of nitrogens with zero attached hydrogens (tertiary/aromatic N) is 4. The second-order valence-electron chi connectivity index (χ2n) is 5.66. The summed E-state index contributed by atoms with van der Waals surface area (Å²) in [6.45, 7) is 6.79. The molecule has 0 unspecified atom stereocenters. The molecule has 0 bridgehead atoms. The molecule has 3 rings (SSSR count). The van der Waals surface area contributed by atoms with E-state index in [1.54, 1.807) is 36.3 Å². The Balaban J connectivity index is 1.63. The van der Waals surface area contributed by atoms with Gasteiger partial charge in [0.25, 0.3) is 0 Å². The van der Waals surface area contributed by atoms with Gasteiger partial charge in [-0.25, -0.2) is 4.98 Å². The Labute approximate surface area is 176 Å². The van der Waals surface area contributed by atoms with E-state index in [2.05, 4.69) is 34.0 Å². The van der Waals surface area contributed by atoms with Crippen molar-refractivity contribution in [3.05, 3.63) is 36.7 Å². The van der Waals surface area contributed by atoms with Crippen LogP contribution in [0.15, 0.2) is 40.4 Å². The van der Waals surface area contributed by atoms with Crippen molar-refractivity contribution in [1.29, 1.82) is 0 Å². The number of benzene rings is 1. The summed E-state index contributed by atoms with van der Waals surface area (Å²) in [7, 11) is 1.61. The molecule has 0 saturated heterocycles. The van der Waals surface area contributed by atoms with Gasteiger partial charge < -0.3 is 14.6 Å². The molecule has 1 N–H and O–H groups in total. The third kappa shape index (κ3) is 5.13. The fourth-order valence-corrected chi connectivity index (χ4v) is 5.24. The van der Waals surface area contributed by atoms with Crippen LogP contribution in [0.3, 0.4) is 0 Å². The molecule has 1 amide bonds. The first-order chi connectivity index (χ1) is 13.6. The highest BCUT2D eigenvalue weighted by molar-refractivity contribution is 8.01. The van der Waals surface area contributed by atoms with Crippen molar-refractivity contribution < 1.29 is 9.53 Å². The molecule has 148 valence electrons. The number of aromatic nitrogens is 4. The topological polar surface area (TPSA) is 81.9 Å². The molecule has 0 aliphatic heterocycles. The zero-order valence-corrected chi connectivity index (χ0v) is 18.1. The van der Waals surface area contributed by atoms with E-state index in [0.717, 1.165) is 26.0 Å². The smallest absolute Gasteiger partial charge is 0.234 e. The van der Waals surface area contributed by atoms with Crippen molar-refractivity contribution in [1.82, 2.24) is 19.7 Å². The predicted molar refractivity (Wildman–Crippen MR) is 116 cm³/mol. The lowest BCUT2D eigenvalue weighted by atomic mass is 10.3. The van der Waals surface area contributed by atoms with E-state index in [-0.39, 0.29) is 11.7 Å². The Morgan fingerprint density at radius 2 is 2.25 bits per heavy atom. The maximum atomic E-state index is 12.4. The average molecular weight is 436 g/mol. The molecular formula is C18H21N5O2S3. The van der Waals surface area contributed by atoms with Crippen LogP contribution in [0.25, 0.3) is 10.2 Å². The van der Waals surface area contributed by atoms with Crippen LogP contribution in [-0.2, 0) is 22.7 Å². The molecule has 0 atom stereocenters. The number of nitrogens with one attached hydrogen (secondary N) is 1. The highest BCUT2D eigenvalue weighted by atomic mass is 32.2. The predicted octanol–water partition coefficient (Wildman–Crippen LogP) is 4.06. The normalized spacial score (nSPS) is 11.1. The molecule has 28 heavy (non-hydrogen) atoms. The van der Waals surface area contributed by atoms with E-state index < -0.39 is 0 Å². The number of rotatable bonds is 10. The van der Waals surface area contributed by atoms with Crippen molar-refractivity contribution in [3.8, 4) is 0 Å². The van der Waals surface area contributed by atoms with Gasteiger partial charge in [0.2, 0.25) is 5.91 Å². The van der Waals surface area contributed by atoms with Gasteiger partial charge in [-0.2, -0.15) is 0 Å². The summed E-state index contributed by atoms with van der Waals surface area (Å²) < 4.78 is 9.14. The summed E-state index contributed by atoms with van der Waals surface area (Å²) in [6.07, 6.45) is 1.77. The number of hydrogen-bond donors (Lipinski definition) is 1. The number of thiazole rings is 1. The van der Waals surface area contributed by atoms with Gasteiger partial charge in [0.05, 0.1) is 16.0 Å². The molecule has 3 aromatic rings. The van der Waals surface area contributed by atoms with Crippen LogP contribution in [0.4, 0.5) is 5.69 Å². The minimum absolute atomic E-state index is 0.0986. The number of ether oxygens (including phenoxy) is 1. The van der Waals surface area contributed by atoms with Gasteiger partial charge in [0.1, 0.15) is 6.61 Å². The molecule has 0 aliphatic carbocycles. The quantitative estimate of drug-likeness (QED) is 0.380. The van der Waals surface area contributed by atoms with Gasteiger partial charge in [-0.05, 0) is 24.0 Å². The van der Waals surface area contributed by atoms with Crippen LogP contribution in [0, 0.1) is 0 Å². The zero-order chi connectivity index (χ0) is 19.9. The number of allylic oxidation sites excluding steroid dienone is 1. The Kier molecular flexibility index (Phi) is 7.49. The second-order valence-corrected chi connectivity index (χ2v) is 9.15. The lowest BCUT2D eigenvalue weighted by Crippen LogP contribution is -2.14. The van der Waals surface area contributed by atoms with E-state index in [9.17, 15) is 4.79 Å². The standard InChI is InChI=1S/C18H21N5O2S3/c1-4-8-23-15(10-25-3)21-22-17(23)27-11-16(24)19-12-6-7-13-14(9-12)28-18(20-13)26-5-2/h4,6-7,9H,1,5,8,10-11H2,2-3H3,(H,19,24). The number of fused-ring (bicyclic) bond motifs is 1. The molecule has 10 heteroatoms. The Bertz CT molecular complexity index is 969. The van der Waals surface area contributed by atoms with Gasteiger partial charge in [-0.15, -0.1) is 28.1 Å². The van der Waals surface area contributed by atoms with Crippen molar-refractivity contribution in [2.45, 2.75) is 29.6 Å². The highest BCUT2D eigenvalue weighted by Crippen LogP contribution is 2.31. The Hall–Kier alpha value is -1.88. The summed E-state index contributed by atoms with van der Waals surface area (Å²) in [5, 5.41) is 11.9. The minimum atomic E-state index is -0.0986. The van der Waals surface area contributed by atoms with Crippen LogP contribution in [0.2, 0.25) is 0 Å². The van der Waals surface area contributed by atoms with Gasteiger partial charge in [0.15, 0.2) is 15.3 Å². The van der Waals surface area contributed by atoms with E-state index in [1.807, 2.05) is 22.8 Å². The summed E-state index contributed by atoms with van der Waals surface area (Å²) in [6, 6.07) is 5.78. The van der Waals surface area contributed by atoms with Crippen LogP contribution >= 0.6 is 34.9 Å². The lowest BCUT2D eigenvalue weighted by molar-refractivity contribution is -0.113. The molecule has 2 aromatic heterocycles. The van der Waals surface area contributed by atoms with Gasteiger partial charge in [-0.3, -0.25) is 4.79 Å². The lowest BCUT2D eigenvalue weighted by Gasteiger charge is -2.07. The van der Waals surface area contributed by atoms with Crippen LogP contribution < -0.4 is 5.32 Å². The summed E-state index contributed by atoms with van der Waals surface area (Å²) in [5.41, 5.74) is 1.72. The first-order valence-electron chi connectivity index (χ1n) is 8.62. The molecule has 1 aromatic carbocycles. The SMILES string of the molecule is C=CCn1c(COC)nnc1SCC(=O)Nc1ccc2nc(SCC)sc2c1. The molecule has 0 spiro atoms. The first kappa shape index (κ1) is 20.8. The number of carbonyl (C=O) groups is 1. The van der Waals surface area contributed by atoms with Gasteiger partial charge >= 0.3 is 0 Å². The Morgan fingerprint density at radius 3 is 3.00 bits per heavy atom. The largest absolute Gasteiger partial charge is 0.377 e. The number of anilines is 1. The second kappa shape index (κ2) is 10.1. The van der Waals surface area contributed by atoms with Crippen molar-refractivity contribution in [2.75, 3.05) is 23.9 Å². The monoisotopic (exact) mass is 435 g/mol. The molecule has 2 heterocycles. The number of amides is 1. The van der Waals surface area contributed by atoms with Crippen LogP contribution in [0.1, 0.15) is 12.7 Å². The average Bonchev–Trinajstić information content (AvgIpc) is 3.24. The van der Waals surface area contributed by atoms with E-state index in [4.69, 9.17) is 4.74 Å². The van der Waals surface area contributed by atoms with Crippen LogP contribution in [-0.4, -0.2) is 44.3 Å². The van der Waals surface area contributed by atoms with Gasteiger partial charge in [-0.1, -0.05) is 36.5 Å². The Morgan fingerprint density at radius 1 is 1.39 bits per heavy atom. The molecule has 0 radical (unpaired) electrons. The molecule has 0 aliphatic rings. The van der Waals surface area contributed by atoms with E-state index in [1.165, 1.54) is 11.8 Å². The third-order valence-electron chi connectivity index (χ3n) is 3.63. The molecular weight excluding hydrogens is 414 g/mol. The maximum absolute atomic E-state index is 12.4. The summed E-state index contributed by atoms with van der Waals surface area (Å²) >= 11 is 4.70. The number of carbonyl (C=O) groups excluding carboxylic acids is 1. The summed E-state index contributed by atoms with van der Waals surface area (Å²) in [4.78, 5) is 17.0. The van der Waals surface area contributed by atoms with Crippen molar-refractivity contribution in [2.24, 2.45) is 0 Å². The van der Waals surface area contributed by atoms with E-state index >= 15 is 0 Å². The number of thioether (sulfide) groups is 2. The van der Waals surface area contributed by atoms with Crippen molar-refractivity contribution in [3.63, 3.8) is 0 Å². The van der Waals surface area contributed by atoms with Crippen molar-refractivity contribution >= 4 is 56.7 Å². The molecule has 0 saturated carbocycles. The fourth-order valence-electron chi connectivity index (χ4n) is 2.47. The third-order valence-corrected chi connectivity index (χ3v) is 6.64. The number of hydrogen-bond acceptors (Lipinski definition) is 8. The van der Waals surface area contributed by atoms with Gasteiger partial charge in [0, 0.05) is 19.3 Å². The first-order valence-corrected chi connectivity index (χ1v) is 11.4. The number of methoxy groups -OCH3 is 1. The minimum Gasteiger partial charge on any atom is -0.377 e. The summed E-state index contributed by atoms with van der Waals surface area (Å²) in [5.74, 6) is 1.84.